The Morgan fingerprint density at radius 2 is 2.47 bits per heavy atom. The van der Waals surface area contributed by atoms with Crippen molar-refractivity contribution >= 4 is 0 Å². The van der Waals surface area contributed by atoms with Gasteiger partial charge in [-0.2, -0.15) is 0 Å². The minimum Gasteiger partial charge on any atom is -0.338 e. The maximum atomic E-state index is 4.37. The van der Waals surface area contributed by atoms with Crippen LogP contribution in [-0.2, 0) is 13.5 Å². The van der Waals surface area contributed by atoms with Crippen molar-refractivity contribution < 1.29 is 0 Å². The van der Waals surface area contributed by atoms with Gasteiger partial charge in [0.25, 0.3) is 0 Å². The molecule has 2 heterocycles. The van der Waals surface area contributed by atoms with Gasteiger partial charge in [-0.05, 0) is 37.8 Å². The average Bonchev–Trinajstić information content (AvgIpc) is 2.63. The maximum Gasteiger partial charge on any atom is 0.108 e. The Morgan fingerprint density at radius 3 is 3.13 bits per heavy atom. The molecule has 1 N–H and O–H groups in total. The first-order chi connectivity index (χ1) is 7.27. The number of hydrogen-bond acceptors (Lipinski definition) is 2. The molecular weight excluding hydrogens is 186 g/mol. The van der Waals surface area contributed by atoms with E-state index in [9.17, 15) is 0 Å². The molecule has 3 heteroatoms. The van der Waals surface area contributed by atoms with E-state index in [-0.39, 0.29) is 0 Å². The van der Waals surface area contributed by atoms with Crippen LogP contribution >= 0.6 is 0 Å². The first kappa shape index (κ1) is 10.7. The van der Waals surface area contributed by atoms with E-state index >= 15 is 0 Å². The molecule has 1 fully saturated rings. The summed E-state index contributed by atoms with van der Waals surface area (Å²) < 4.78 is 2.13. The van der Waals surface area contributed by atoms with Gasteiger partial charge < -0.3 is 9.88 Å². The summed E-state index contributed by atoms with van der Waals surface area (Å²) in [6, 6.07) is 0. The molecule has 1 saturated heterocycles. The molecule has 1 aromatic rings. The number of rotatable bonds is 3. The van der Waals surface area contributed by atoms with Crippen LogP contribution < -0.4 is 5.32 Å². The number of aromatic nitrogens is 2. The lowest BCUT2D eigenvalue weighted by molar-refractivity contribution is 0.257. The molecule has 1 aliphatic heterocycles. The lowest BCUT2D eigenvalue weighted by Gasteiger charge is -2.29. The van der Waals surface area contributed by atoms with Crippen LogP contribution in [0.25, 0.3) is 0 Å². The van der Waals surface area contributed by atoms with Crippen LogP contribution in [0, 0.1) is 11.8 Å². The number of nitrogens with one attached hydrogen (secondary N) is 1. The summed E-state index contributed by atoms with van der Waals surface area (Å²) in [6.07, 6.45) is 7.65. The highest BCUT2D eigenvalue weighted by atomic mass is 15.0. The molecule has 1 aromatic heterocycles. The van der Waals surface area contributed by atoms with E-state index < -0.39 is 0 Å². The zero-order valence-electron chi connectivity index (χ0n) is 9.74. The Balaban J connectivity index is 1.84. The van der Waals surface area contributed by atoms with E-state index in [1.807, 2.05) is 12.4 Å². The molecule has 0 aromatic carbocycles. The van der Waals surface area contributed by atoms with Gasteiger partial charge in [-0.15, -0.1) is 0 Å². The van der Waals surface area contributed by atoms with Crippen molar-refractivity contribution in [2.75, 3.05) is 13.1 Å². The van der Waals surface area contributed by atoms with Crippen molar-refractivity contribution in [1.29, 1.82) is 0 Å². The average molecular weight is 207 g/mol. The highest BCUT2D eigenvalue weighted by Gasteiger charge is 2.20. The molecule has 0 saturated carbocycles. The molecule has 0 aliphatic carbocycles. The third-order valence-corrected chi connectivity index (χ3v) is 3.62. The summed E-state index contributed by atoms with van der Waals surface area (Å²) in [4.78, 5) is 4.37. The molecule has 0 bridgehead atoms. The standard InChI is InChI=1S/C12H21N3/c1-10-9-13-6-5-11(10)3-4-12-14-7-8-15(12)2/h7-8,10-11,13H,3-6,9H2,1-2H3. The van der Waals surface area contributed by atoms with Crippen molar-refractivity contribution in [2.24, 2.45) is 18.9 Å². The molecule has 0 amide bonds. The number of imidazole rings is 1. The summed E-state index contributed by atoms with van der Waals surface area (Å²) in [7, 11) is 2.08. The molecule has 0 spiro atoms. The topological polar surface area (TPSA) is 29.9 Å². The summed E-state index contributed by atoms with van der Waals surface area (Å²) in [5, 5.41) is 3.45. The number of piperidine rings is 1. The quantitative estimate of drug-likeness (QED) is 0.816. The molecule has 2 rings (SSSR count). The SMILES string of the molecule is CC1CNCCC1CCc1nccn1C. The summed E-state index contributed by atoms with van der Waals surface area (Å²) in [5.74, 6) is 2.92. The van der Waals surface area contributed by atoms with Crippen LogP contribution in [-0.4, -0.2) is 22.6 Å². The lowest BCUT2D eigenvalue weighted by atomic mass is 9.84. The summed E-state index contributed by atoms with van der Waals surface area (Å²) >= 11 is 0. The second-order valence-corrected chi connectivity index (χ2v) is 4.72. The monoisotopic (exact) mass is 207 g/mol. The van der Waals surface area contributed by atoms with Gasteiger partial charge in [-0.25, -0.2) is 4.98 Å². The molecule has 2 unspecified atom stereocenters. The Kier molecular flexibility index (Phi) is 3.41. The van der Waals surface area contributed by atoms with Crippen LogP contribution in [0.3, 0.4) is 0 Å². The predicted octanol–water partition coefficient (Wildman–Crippen LogP) is 1.60. The molecule has 1 aliphatic rings. The van der Waals surface area contributed by atoms with Crippen molar-refractivity contribution in [1.82, 2.24) is 14.9 Å². The fourth-order valence-electron chi connectivity index (χ4n) is 2.45. The Labute approximate surface area is 91.9 Å². The van der Waals surface area contributed by atoms with E-state index in [0.29, 0.717) is 0 Å². The zero-order chi connectivity index (χ0) is 10.7. The van der Waals surface area contributed by atoms with Crippen LogP contribution in [0.15, 0.2) is 12.4 Å². The summed E-state index contributed by atoms with van der Waals surface area (Å²) in [6.45, 7) is 4.73. The maximum absolute atomic E-state index is 4.37. The van der Waals surface area contributed by atoms with Crippen molar-refractivity contribution in [3.05, 3.63) is 18.2 Å². The first-order valence-electron chi connectivity index (χ1n) is 5.94. The fraction of sp³-hybridized carbons (Fsp3) is 0.750. The van der Waals surface area contributed by atoms with Gasteiger partial charge in [0.1, 0.15) is 5.82 Å². The molecular formula is C12H21N3. The second-order valence-electron chi connectivity index (χ2n) is 4.72. The minimum absolute atomic E-state index is 0.819. The molecule has 0 radical (unpaired) electrons. The first-order valence-corrected chi connectivity index (χ1v) is 5.94. The Bertz CT molecular complexity index is 306. The smallest absolute Gasteiger partial charge is 0.108 e. The van der Waals surface area contributed by atoms with Gasteiger partial charge in [-0.1, -0.05) is 6.92 Å². The van der Waals surface area contributed by atoms with E-state index in [4.69, 9.17) is 0 Å². The van der Waals surface area contributed by atoms with E-state index in [0.717, 1.165) is 18.3 Å². The van der Waals surface area contributed by atoms with Crippen molar-refractivity contribution in [3.8, 4) is 0 Å². The van der Waals surface area contributed by atoms with Crippen LogP contribution in [0.2, 0.25) is 0 Å². The lowest BCUT2D eigenvalue weighted by Crippen LogP contribution is -2.35. The second kappa shape index (κ2) is 4.79. The third kappa shape index (κ3) is 2.59. The Hall–Kier alpha value is -0.830. The molecule has 3 nitrogen and oxygen atoms in total. The van der Waals surface area contributed by atoms with E-state index in [1.54, 1.807) is 0 Å². The van der Waals surface area contributed by atoms with Crippen molar-refractivity contribution in [3.63, 3.8) is 0 Å². The number of nitrogens with zero attached hydrogens (tertiary/aromatic N) is 2. The molecule has 2 atom stereocenters. The van der Waals surface area contributed by atoms with Gasteiger partial charge in [0.2, 0.25) is 0 Å². The van der Waals surface area contributed by atoms with E-state index in [1.165, 1.54) is 31.8 Å². The number of hydrogen-bond donors (Lipinski definition) is 1. The summed E-state index contributed by atoms with van der Waals surface area (Å²) in [5.41, 5.74) is 0. The molecule has 84 valence electrons. The minimum atomic E-state index is 0.819. The normalized spacial score (nSPS) is 26.8. The molecule has 15 heavy (non-hydrogen) atoms. The van der Waals surface area contributed by atoms with Gasteiger partial charge in [0.15, 0.2) is 0 Å². The van der Waals surface area contributed by atoms with Gasteiger partial charge in [-0.3, -0.25) is 0 Å². The van der Waals surface area contributed by atoms with E-state index in [2.05, 4.69) is 28.8 Å². The fourth-order valence-corrected chi connectivity index (χ4v) is 2.45. The zero-order valence-corrected chi connectivity index (χ0v) is 9.74. The van der Waals surface area contributed by atoms with Crippen LogP contribution in [0.4, 0.5) is 0 Å². The highest BCUT2D eigenvalue weighted by molar-refractivity contribution is 4.92. The van der Waals surface area contributed by atoms with Gasteiger partial charge >= 0.3 is 0 Å². The van der Waals surface area contributed by atoms with Crippen LogP contribution in [0.5, 0.6) is 0 Å². The van der Waals surface area contributed by atoms with Crippen LogP contribution in [0.1, 0.15) is 25.6 Å². The van der Waals surface area contributed by atoms with Crippen molar-refractivity contribution in [2.45, 2.75) is 26.2 Å². The largest absolute Gasteiger partial charge is 0.338 e. The van der Waals surface area contributed by atoms with Gasteiger partial charge in [0, 0.05) is 25.9 Å². The Morgan fingerprint density at radius 1 is 1.60 bits per heavy atom. The highest BCUT2D eigenvalue weighted by Crippen LogP contribution is 2.23. The van der Waals surface area contributed by atoms with Gasteiger partial charge in [0.05, 0.1) is 0 Å². The third-order valence-electron chi connectivity index (χ3n) is 3.62. The predicted molar refractivity (Wildman–Crippen MR) is 61.7 cm³/mol. The number of aryl methyl sites for hydroxylation is 2.